The van der Waals surface area contributed by atoms with Gasteiger partial charge in [-0.3, -0.25) is 9.59 Å². The highest BCUT2D eigenvalue weighted by molar-refractivity contribution is 7.15. The lowest BCUT2D eigenvalue weighted by Gasteiger charge is -1.91. The third-order valence-corrected chi connectivity index (χ3v) is 2.59. The molecule has 0 unspecified atom stereocenters. The highest BCUT2D eigenvalue weighted by atomic mass is 32.1. The molecule has 1 rings (SSSR count). The second-order valence-electron chi connectivity index (χ2n) is 2.30. The number of thiophene rings is 1. The van der Waals surface area contributed by atoms with Crippen LogP contribution in [0.15, 0.2) is 12.1 Å². The van der Waals surface area contributed by atoms with Gasteiger partial charge in [0, 0.05) is 7.05 Å². The molecule has 0 saturated carbocycles. The minimum atomic E-state index is -0.146. The van der Waals surface area contributed by atoms with E-state index in [-0.39, 0.29) is 11.7 Å². The van der Waals surface area contributed by atoms with Gasteiger partial charge in [0.2, 0.25) is 0 Å². The Hall–Kier alpha value is -1.16. The van der Waals surface area contributed by atoms with E-state index in [1.54, 1.807) is 19.2 Å². The molecule has 1 aromatic rings. The van der Waals surface area contributed by atoms with Gasteiger partial charge in [0.25, 0.3) is 5.91 Å². The van der Waals surface area contributed by atoms with Gasteiger partial charge in [-0.15, -0.1) is 11.3 Å². The summed E-state index contributed by atoms with van der Waals surface area (Å²) in [5.74, 6) is -0.150. The first kappa shape index (κ1) is 8.93. The Morgan fingerprint density at radius 1 is 1.33 bits per heavy atom. The SMILES string of the molecule is CNC(=O)c1ccc(C(C)=O)s1. The van der Waals surface area contributed by atoms with E-state index in [2.05, 4.69) is 5.32 Å². The van der Waals surface area contributed by atoms with Crippen molar-refractivity contribution in [3.05, 3.63) is 21.9 Å². The zero-order valence-electron chi connectivity index (χ0n) is 6.88. The van der Waals surface area contributed by atoms with Crippen LogP contribution in [0.25, 0.3) is 0 Å². The predicted molar refractivity (Wildman–Crippen MR) is 47.7 cm³/mol. The number of hydrogen-bond donors (Lipinski definition) is 1. The monoisotopic (exact) mass is 183 g/mol. The van der Waals surface area contributed by atoms with Crippen LogP contribution in [0.2, 0.25) is 0 Å². The molecule has 0 aliphatic heterocycles. The first-order valence-corrected chi connectivity index (χ1v) is 4.29. The quantitative estimate of drug-likeness (QED) is 0.703. The Bertz CT molecular complexity index is 317. The van der Waals surface area contributed by atoms with E-state index in [4.69, 9.17) is 0 Å². The molecule has 0 spiro atoms. The molecule has 3 nitrogen and oxygen atoms in total. The molecule has 0 aliphatic carbocycles. The summed E-state index contributed by atoms with van der Waals surface area (Å²) in [6.07, 6.45) is 0. The minimum Gasteiger partial charge on any atom is -0.354 e. The number of Topliss-reactive ketones (excluding diaryl/α,β-unsaturated/α-hetero) is 1. The Balaban J connectivity index is 2.91. The highest BCUT2D eigenvalue weighted by Crippen LogP contribution is 2.16. The molecule has 0 atom stereocenters. The van der Waals surface area contributed by atoms with Gasteiger partial charge >= 0.3 is 0 Å². The summed E-state index contributed by atoms with van der Waals surface area (Å²) in [7, 11) is 1.56. The number of amides is 1. The summed E-state index contributed by atoms with van der Waals surface area (Å²) < 4.78 is 0. The number of rotatable bonds is 2. The van der Waals surface area contributed by atoms with Crippen LogP contribution in [0, 0.1) is 0 Å². The van der Waals surface area contributed by atoms with Crippen molar-refractivity contribution in [3.63, 3.8) is 0 Å². The topological polar surface area (TPSA) is 46.2 Å². The summed E-state index contributed by atoms with van der Waals surface area (Å²) in [4.78, 5) is 23.1. The number of carbonyl (C=O) groups is 2. The molecule has 4 heteroatoms. The zero-order valence-corrected chi connectivity index (χ0v) is 7.70. The minimum absolute atomic E-state index is 0.00449. The number of hydrogen-bond acceptors (Lipinski definition) is 3. The summed E-state index contributed by atoms with van der Waals surface area (Å²) in [6.45, 7) is 1.49. The van der Waals surface area contributed by atoms with E-state index in [9.17, 15) is 9.59 Å². The van der Waals surface area contributed by atoms with Gasteiger partial charge in [0.05, 0.1) is 9.75 Å². The standard InChI is InChI=1S/C8H9NO2S/c1-5(10)6-3-4-7(12-6)8(11)9-2/h3-4H,1-2H3,(H,9,11). The summed E-state index contributed by atoms with van der Waals surface area (Å²) in [6, 6.07) is 3.32. The molecule has 64 valence electrons. The van der Waals surface area contributed by atoms with Crippen LogP contribution < -0.4 is 5.32 Å². The van der Waals surface area contributed by atoms with Crippen LogP contribution in [-0.4, -0.2) is 18.7 Å². The molecule has 12 heavy (non-hydrogen) atoms. The molecule has 1 heterocycles. The second-order valence-corrected chi connectivity index (χ2v) is 3.38. The van der Waals surface area contributed by atoms with Crippen molar-refractivity contribution in [1.82, 2.24) is 5.32 Å². The molecule has 1 amide bonds. The lowest BCUT2D eigenvalue weighted by Crippen LogP contribution is -2.15. The molecule has 1 N–H and O–H groups in total. The molecule has 0 aromatic carbocycles. The fourth-order valence-electron chi connectivity index (χ4n) is 0.772. The van der Waals surface area contributed by atoms with E-state index in [1.807, 2.05) is 0 Å². The van der Waals surface area contributed by atoms with Crippen molar-refractivity contribution in [2.24, 2.45) is 0 Å². The maximum absolute atomic E-state index is 11.0. The maximum Gasteiger partial charge on any atom is 0.261 e. The first-order chi connectivity index (χ1) is 5.65. The van der Waals surface area contributed by atoms with Crippen LogP contribution in [-0.2, 0) is 0 Å². The van der Waals surface area contributed by atoms with Crippen molar-refractivity contribution >= 4 is 23.0 Å². The Labute approximate surface area is 74.4 Å². The lowest BCUT2D eigenvalue weighted by molar-refractivity contribution is 0.0966. The van der Waals surface area contributed by atoms with Gasteiger partial charge in [-0.2, -0.15) is 0 Å². The van der Waals surface area contributed by atoms with Crippen molar-refractivity contribution in [2.75, 3.05) is 7.05 Å². The lowest BCUT2D eigenvalue weighted by atomic mass is 10.3. The average molecular weight is 183 g/mol. The van der Waals surface area contributed by atoms with Gasteiger partial charge in [0.1, 0.15) is 0 Å². The van der Waals surface area contributed by atoms with Crippen LogP contribution in [0.5, 0.6) is 0 Å². The smallest absolute Gasteiger partial charge is 0.261 e. The van der Waals surface area contributed by atoms with E-state index in [1.165, 1.54) is 18.3 Å². The van der Waals surface area contributed by atoms with Crippen LogP contribution in [0.3, 0.4) is 0 Å². The van der Waals surface area contributed by atoms with Crippen molar-refractivity contribution in [3.8, 4) is 0 Å². The van der Waals surface area contributed by atoms with Gasteiger partial charge < -0.3 is 5.32 Å². The Morgan fingerprint density at radius 2 is 1.92 bits per heavy atom. The zero-order chi connectivity index (χ0) is 9.14. The third kappa shape index (κ3) is 1.71. The molecular weight excluding hydrogens is 174 g/mol. The summed E-state index contributed by atoms with van der Waals surface area (Å²) in [5, 5.41) is 2.49. The van der Waals surface area contributed by atoms with Gasteiger partial charge in [-0.1, -0.05) is 0 Å². The van der Waals surface area contributed by atoms with Crippen LogP contribution in [0.1, 0.15) is 26.3 Å². The molecule has 0 radical (unpaired) electrons. The number of nitrogens with one attached hydrogen (secondary N) is 1. The summed E-state index contributed by atoms with van der Waals surface area (Å²) >= 11 is 1.21. The fraction of sp³-hybridized carbons (Fsp3) is 0.250. The van der Waals surface area contributed by atoms with Crippen molar-refractivity contribution in [2.45, 2.75) is 6.92 Å². The molecule has 1 aromatic heterocycles. The second kappa shape index (κ2) is 3.49. The summed E-state index contributed by atoms with van der Waals surface area (Å²) in [5.41, 5.74) is 0. The van der Waals surface area contributed by atoms with E-state index >= 15 is 0 Å². The van der Waals surface area contributed by atoms with Gasteiger partial charge in [-0.05, 0) is 19.1 Å². The van der Waals surface area contributed by atoms with Crippen molar-refractivity contribution in [1.29, 1.82) is 0 Å². The van der Waals surface area contributed by atoms with Crippen molar-refractivity contribution < 1.29 is 9.59 Å². The van der Waals surface area contributed by atoms with E-state index < -0.39 is 0 Å². The van der Waals surface area contributed by atoms with E-state index in [0.717, 1.165) is 0 Å². The first-order valence-electron chi connectivity index (χ1n) is 3.48. The molecule has 0 fully saturated rings. The third-order valence-electron chi connectivity index (χ3n) is 1.40. The van der Waals surface area contributed by atoms with E-state index in [0.29, 0.717) is 9.75 Å². The average Bonchev–Trinajstić information content (AvgIpc) is 2.51. The van der Waals surface area contributed by atoms with Crippen LogP contribution in [0.4, 0.5) is 0 Å². The molecule has 0 saturated heterocycles. The largest absolute Gasteiger partial charge is 0.354 e. The fourth-order valence-corrected chi connectivity index (χ4v) is 1.62. The highest BCUT2D eigenvalue weighted by Gasteiger charge is 2.08. The Morgan fingerprint density at radius 3 is 2.33 bits per heavy atom. The predicted octanol–water partition coefficient (Wildman–Crippen LogP) is 1.31. The number of ketones is 1. The molecule has 0 aliphatic rings. The van der Waals surface area contributed by atoms with Gasteiger partial charge in [-0.25, -0.2) is 0 Å². The molecule has 0 bridgehead atoms. The maximum atomic E-state index is 11.0. The normalized spacial score (nSPS) is 9.50. The Kier molecular flexibility index (Phi) is 2.60. The number of carbonyl (C=O) groups excluding carboxylic acids is 2. The molecular formula is C8H9NO2S. The van der Waals surface area contributed by atoms with Gasteiger partial charge in [0.15, 0.2) is 5.78 Å². The van der Waals surface area contributed by atoms with Crippen LogP contribution >= 0.6 is 11.3 Å².